The van der Waals surface area contributed by atoms with E-state index < -0.39 is 5.82 Å². The van der Waals surface area contributed by atoms with Crippen LogP contribution in [0.4, 0.5) is 4.39 Å². The second kappa shape index (κ2) is 5.02. The Morgan fingerprint density at radius 1 is 1.29 bits per heavy atom. The van der Waals surface area contributed by atoms with Gasteiger partial charge in [0, 0.05) is 6.20 Å². The van der Waals surface area contributed by atoms with Crippen LogP contribution in [-0.2, 0) is 0 Å². The molecule has 0 saturated carbocycles. The smallest absolute Gasteiger partial charge is 0.218 e. The molecule has 21 heavy (non-hydrogen) atoms. The van der Waals surface area contributed by atoms with Gasteiger partial charge in [0.2, 0.25) is 12.0 Å². The molecule has 3 rings (SSSR count). The minimum absolute atomic E-state index is 0.0713. The Hall–Kier alpha value is -2.11. The van der Waals surface area contributed by atoms with Gasteiger partial charge in [-0.2, -0.15) is 14.2 Å². The van der Waals surface area contributed by atoms with Crippen molar-refractivity contribution in [3.05, 3.63) is 63.9 Å². The molecule has 0 saturated heterocycles. The molecule has 0 bridgehead atoms. The lowest BCUT2D eigenvalue weighted by Crippen LogP contribution is -2.24. The third-order valence-corrected chi connectivity index (χ3v) is 3.56. The maximum atomic E-state index is 13.7. The summed E-state index contributed by atoms with van der Waals surface area (Å²) in [6.45, 7) is 3.64. The molecule has 0 aliphatic heterocycles. The number of hydrogen-bond donors (Lipinski definition) is 0. The Balaban J connectivity index is 2.26. The van der Waals surface area contributed by atoms with E-state index in [0.717, 1.165) is 11.8 Å². The van der Waals surface area contributed by atoms with Crippen molar-refractivity contribution in [3.8, 4) is 5.69 Å². The van der Waals surface area contributed by atoms with Crippen LogP contribution in [0, 0.1) is 11.0 Å². The van der Waals surface area contributed by atoms with Crippen molar-refractivity contribution in [1.29, 1.82) is 0 Å². The number of nitrogens with zero attached hydrogens (tertiary/aromatic N) is 3. The maximum Gasteiger partial charge on any atom is 0.218 e. The molecule has 0 fully saturated rings. The number of pyridine rings is 1. The van der Waals surface area contributed by atoms with Crippen LogP contribution in [0.2, 0.25) is 10.0 Å². The third-order valence-electron chi connectivity index (χ3n) is 2.98. The lowest BCUT2D eigenvalue weighted by molar-refractivity contribution is -0.605. The minimum atomic E-state index is -0.712. The summed E-state index contributed by atoms with van der Waals surface area (Å²) in [5.74, 6) is -0.712. The third kappa shape index (κ3) is 2.34. The fourth-order valence-corrected chi connectivity index (χ4v) is 2.73. The SMILES string of the molecule is C=Cc1cc(Cl)c(-n2cc3c[n+]([O-])cc(F)c3n2)c(Cl)c1. The zero-order chi connectivity index (χ0) is 15.1. The molecule has 0 spiro atoms. The number of aromatic nitrogens is 3. The van der Waals surface area contributed by atoms with Crippen molar-refractivity contribution in [2.45, 2.75) is 0 Å². The molecule has 1 aromatic carbocycles. The quantitative estimate of drug-likeness (QED) is 0.532. The zero-order valence-electron chi connectivity index (χ0n) is 10.6. The van der Waals surface area contributed by atoms with Crippen LogP contribution in [0.3, 0.4) is 0 Å². The first kappa shape index (κ1) is 13.9. The van der Waals surface area contributed by atoms with E-state index in [2.05, 4.69) is 11.7 Å². The summed E-state index contributed by atoms with van der Waals surface area (Å²) in [6.07, 6.45) is 5.14. The number of fused-ring (bicyclic) bond motifs is 1. The summed E-state index contributed by atoms with van der Waals surface area (Å²) in [7, 11) is 0. The van der Waals surface area contributed by atoms with Gasteiger partial charge in [-0.1, -0.05) is 35.9 Å². The van der Waals surface area contributed by atoms with Crippen LogP contribution in [0.25, 0.3) is 22.7 Å². The summed E-state index contributed by atoms with van der Waals surface area (Å²) in [5, 5.41) is 16.4. The van der Waals surface area contributed by atoms with Crippen LogP contribution in [0.5, 0.6) is 0 Å². The fourth-order valence-electron chi connectivity index (χ4n) is 2.05. The van der Waals surface area contributed by atoms with E-state index in [1.165, 1.54) is 17.1 Å². The molecule has 4 nitrogen and oxygen atoms in total. The molecule has 0 radical (unpaired) electrons. The summed E-state index contributed by atoms with van der Waals surface area (Å²) >= 11 is 12.4. The average molecular weight is 324 g/mol. The van der Waals surface area contributed by atoms with Crippen molar-refractivity contribution < 1.29 is 9.12 Å². The molecule has 0 aliphatic carbocycles. The highest BCUT2D eigenvalue weighted by Crippen LogP contribution is 2.31. The Labute approximate surface area is 129 Å². The predicted octanol–water partition coefficient (Wildman–Crippen LogP) is 3.75. The molecule has 2 heterocycles. The van der Waals surface area contributed by atoms with Crippen molar-refractivity contribution in [2.24, 2.45) is 0 Å². The number of benzene rings is 1. The Bertz CT molecular complexity index is 853. The number of hydrogen-bond acceptors (Lipinski definition) is 2. The average Bonchev–Trinajstić information content (AvgIpc) is 2.81. The van der Waals surface area contributed by atoms with E-state index in [1.807, 2.05) is 0 Å². The highest BCUT2D eigenvalue weighted by Gasteiger charge is 2.16. The van der Waals surface area contributed by atoms with Gasteiger partial charge in [-0.05, 0) is 17.7 Å². The molecule has 106 valence electrons. The highest BCUT2D eigenvalue weighted by atomic mass is 35.5. The maximum absolute atomic E-state index is 13.7. The van der Waals surface area contributed by atoms with Gasteiger partial charge in [-0.3, -0.25) is 0 Å². The lowest BCUT2D eigenvalue weighted by atomic mass is 10.2. The van der Waals surface area contributed by atoms with E-state index in [0.29, 0.717) is 25.8 Å². The molecule has 0 amide bonds. The van der Waals surface area contributed by atoms with Gasteiger partial charge in [0.1, 0.15) is 11.2 Å². The van der Waals surface area contributed by atoms with Gasteiger partial charge >= 0.3 is 0 Å². The van der Waals surface area contributed by atoms with Crippen molar-refractivity contribution in [1.82, 2.24) is 9.78 Å². The molecule has 3 aromatic rings. The van der Waals surface area contributed by atoms with Gasteiger partial charge in [0.15, 0.2) is 6.20 Å². The van der Waals surface area contributed by atoms with Gasteiger partial charge < -0.3 is 5.21 Å². The second-order valence-corrected chi connectivity index (χ2v) is 5.20. The Kier molecular flexibility index (Phi) is 3.31. The molecule has 2 aromatic heterocycles. The second-order valence-electron chi connectivity index (χ2n) is 4.38. The van der Waals surface area contributed by atoms with E-state index in [4.69, 9.17) is 23.2 Å². The van der Waals surface area contributed by atoms with E-state index in [1.54, 1.807) is 18.2 Å². The first-order valence-electron chi connectivity index (χ1n) is 5.89. The van der Waals surface area contributed by atoms with Crippen LogP contribution in [-0.4, -0.2) is 9.78 Å². The fraction of sp³-hybridized carbons (Fsp3) is 0. The number of halogens is 3. The molecular formula is C14H8Cl2FN3O. The Morgan fingerprint density at radius 2 is 1.95 bits per heavy atom. The topological polar surface area (TPSA) is 44.8 Å². The van der Waals surface area contributed by atoms with Crippen LogP contribution >= 0.6 is 23.2 Å². The highest BCUT2D eigenvalue weighted by molar-refractivity contribution is 6.38. The normalized spacial score (nSPS) is 11.0. The molecule has 0 aliphatic rings. The van der Waals surface area contributed by atoms with Crippen molar-refractivity contribution >= 4 is 40.2 Å². The van der Waals surface area contributed by atoms with E-state index in [-0.39, 0.29) is 5.52 Å². The van der Waals surface area contributed by atoms with Crippen LogP contribution < -0.4 is 4.73 Å². The van der Waals surface area contributed by atoms with Gasteiger partial charge in [-0.15, -0.1) is 0 Å². The lowest BCUT2D eigenvalue weighted by Gasteiger charge is -2.08. The van der Waals surface area contributed by atoms with Crippen molar-refractivity contribution in [2.75, 3.05) is 0 Å². The Morgan fingerprint density at radius 3 is 2.57 bits per heavy atom. The number of rotatable bonds is 2. The monoisotopic (exact) mass is 323 g/mol. The van der Waals surface area contributed by atoms with Gasteiger partial charge in [-0.25, -0.2) is 4.68 Å². The van der Waals surface area contributed by atoms with Crippen LogP contribution in [0.15, 0.2) is 37.3 Å². The molecule has 0 N–H and O–H groups in total. The summed E-state index contributed by atoms with van der Waals surface area (Å²) in [5.41, 5.74) is 1.24. The first-order valence-corrected chi connectivity index (χ1v) is 6.64. The molecule has 7 heteroatoms. The predicted molar refractivity (Wildman–Crippen MR) is 80.1 cm³/mol. The van der Waals surface area contributed by atoms with E-state index in [9.17, 15) is 9.60 Å². The summed E-state index contributed by atoms with van der Waals surface area (Å²) in [4.78, 5) is 0. The van der Waals surface area contributed by atoms with Crippen molar-refractivity contribution in [3.63, 3.8) is 0 Å². The molecular weight excluding hydrogens is 316 g/mol. The first-order chi connectivity index (χ1) is 9.99. The zero-order valence-corrected chi connectivity index (χ0v) is 12.1. The minimum Gasteiger partial charge on any atom is -0.619 e. The summed E-state index contributed by atoms with van der Waals surface area (Å²) in [6, 6.07) is 3.35. The van der Waals surface area contributed by atoms with E-state index >= 15 is 0 Å². The van der Waals surface area contributed by atoms with Gasteiger partial charge in [0.05, 0.1) is 15.4 Å². The molecule has 0 unspecified atom stereocenters. The standard InChI is InChI=1S/C14H8Cl2FN3O/c1-2-8-3-10(15)14(11(16)4-8)20-6-9-5-19(21)7-12(17)13(9)18-20/h2-7H,1H2. The van der Waals surface area contributed by atoms with Gasteiger partial charge in [0.25, 0.3) is 0 Å². The van der Waals surface area contributed by atoms with Crippen LogP contribution in [0.1, 0.15) is 5.56 Å². The largest absolute Gasteiger partial charge is 0.619 e. The summed E-state index contributed by atoms with van der Waals surface area (Å²) < 4.78 is 15.5. The molecule has 0 atom stereocenters.